The monoisotopic (exact) mass is 398 g/mol. The zero-order valence-corrected chi connectivity index (χ0v) is 13.3. The molecule has 0 bridgehead atoms. The topological polar surface area (TPSA) is 45.8 Å². The highest BCUT2D eigenvalue weighted by atomic mass is 79.9. The van der Waals surface area contributed by atoms with Gasteiger partial charge in [0.25, 0.3) is 0 Å². The van der Waals surface area contributed by atoms with Crippen LogP contribution in [0.2, 0.25) is 0 Å². The van der Waals surface area contributed by atoms with Gasteiger partial charge in [-0.3, -0.25) is 9.89 Å². The van der Waals surface area contributed by atoms with E-state index in [4.69, 9.17) is 0 Å². The number of fused-ring (bicyclic) bond motifs is 1. The minimum absolute atomic E-state index is 0.0781. The fourth-order valence-electron chi connectivity index (χ4n) is 1.52. The molecule has 1 aromatic heterocycles. The lowest BCUT2D eigenvalue weighted by molar-refractivity contribution is 0.112. The standard InChI is InChI=1S/C7H4BrFO.C7H5BrN2/c8-6-1-2-7(9)5(3-6)4-10;8-6-1-2-7-5(3-6)4-9-10-7/h1-4H;1-4H,(H,9,10). The van der Waals surface area contributed by atoms with Crippen LogP contribution in [0.25, 0.3) is 10.9 Å². The number of nitrogens with zero attached hydrogens (tertiary/aromatic N) is 1. The summed E-state index contributed by atoms with van der Waals surface area (Å²) in [5.74, 6) is -0.488. The minimum atomic E-state index is -0.488. The molecule has 0 aliphatic rings. The lowest BCUT2D eigenvalue weighted by Crippen LogP contribution is -1.85. The number of hydrogen-bond donors (Lipinski definition) is 1. The number of benzene rings is 2. The zero-order chi connectivity index (χ0) is 14.5. The summed E-state index contributed by atoms with van der Waals surface area (Å²) in [5, 5.41) is 7.91. The number of aromatic amines is 1. The van der Waals surface area contributed by atoms with Crippen molar-refractivity contribution in [1.82, 2.24) is 10.2 Å². The van der Waals surface area contributed by atoms with Crippen molar-refractivity contribution in [2.75, 3.05) is 0 Å². The van der Waals surface area contributed by atoms with Gasteiger partial charge in [-0.15, -0.1) is 0 Å². The van der Waals surface area contributed by atoms with Gasteiger partial charge < -0.3 is 0 Å². The lowest BCUT2D eigenvalue weighted by Gasteiger charge is -1.92. The number of nitrogens with one attached hydrogen (secondary N) is 1. The first-order valence-corrected chi connectivity index (χ1v) is 7.17. The van der Waals surface area contributed by atoms with E-state index in [-0.39, 0.29) is 5.56 Å². The van der Waals surface area contributed by atoms with Crippen LogP contribution in [0.1, 0.15) is 10.4 Å². The van der Waals surface area contributed by atoms with Crippen molar-refractivity contribution >= 4 is 49.0 Å². The number of H-pyrrole nitrogens is 1. The van der Waals surface area contributed by atoms with E-state index in [0.29, 0.717) is 10.8 Å². The van der Waals surface area contributed by atoms with Crippen LogP contribution in [0.15, 0.2) is 51.5 Å². The molecule has 0 aliphatic carbocycles. The van der Waals surface area contributed by atoms with Gasteiger partial charge in [0.2, 0.25) is 0 Å². The molecule has 0 amide bonds. The van der Waals surface area contributed by atoms with Crippen LogP contribution < -0.4 is 0 Å². The Hall–Kier alpha value is -1.53. The number of rotatable bonds is 1. The Balaban J connectivity index is 0.000000147. The van der Waals surface area contributed by atoms with E-state index in [1.54, 1.807) is 12.3 Å². The predicted octanol–water partition coefficient (Wildman–Crippen LogP) is 4.73. The smallest absolute Gasteiger partial charge is 0.153 e. The van der Waals surface area contributed by atoms with Crippen molar-refractivity contribution in [2.45, 2.75) is 0 Å². The summed E-state index contributed by atoms with van der Waals surface area (Å²) in [5.41, 5.74) is 1.15. The summed E-state index contributed by atoms with van der Waals surface area (Å²) >= 11 is 6.49. The van der Waals surface area contributed by atoms with E-state index in [2.05, 4.69) is 42.1 Å². The molecule has 20 heavy (non-hydrogen) atoms. The van der Waals surface area contributed by atoms with Crippen molar-refractivity contribution in [3.63, 3.8) is 0 Å². The fraction of sp³-hybridized carbons (Fsp3) is 0. The molecular formula is C14H9Br2FN2O. The van der Waals surface area contributed by atoms with Gasteiger partial charge in [0, 0.05) is 14.3 Å². The van der Waals surface area contributed by atoms with Crippen LogP contribution in [-0.4, -0.2) is 16.5 Å². The van der Waals surface area contributed by atoms with Gasteiger partial charge >= 0.3 is 0 Å². The summed E-state index contributed by atoms with van der Waals surface area (Å²) in [6, 6.07) is 10.2. The van der Waals surface area contributed by atoms with E-state index < -0.39 is 5.82 Å². The maximum atomic E-state index is 12.5. The van der Waals surface area contributed by atoms with Gasteiger partial charge in [-0.05, 0) is 36.4 Å². The average Bonchev–Trinajstić information content (AvgIpc) is 2.89. The Morgan fingerprint density at radius 2 is 1.80 bits per heavy atom. The molecular weight excluding hydrogens is 391 g/mol. The van der Waals surface area contributed by atoms with Gasteiger partial charge in [-0.25, -0.2) is 4.39 Å². The third kappa shape index (κ3) is 3.74. The first kappa shape index (κ1) is 14.9. The van der Waals surface area contributed by atoms with E-state index in [0.717, 1.165) is 15.4 Å². The molecule has 3 rings (SSSR count). The van der Waals surface area contributed by atoms with Crippen LogP contribution in [-0.2, 0) is 0 Å². The van der Waals surface area contributed by atoms with E-state index in [9.17, 15) is 9.18 Å². The molecule has 2 aromatic carbocycles. The van der Waals surface area contributed by atoms with Crippen molar-refractivity contribution in [1.29, 1.82) is 0 Å². The average molecular weight is 400 g/mol. The second-order valence-corrected chi connectivity index (χ2v) is 5.72. The van der Waals surface area contributed by atoms with Crippen molar-refractivity contribution in [3.8, 4) is 0 Å². The number of carbonyl (C=O) groups is 1. The van der Waals surface area contributed by atoms with Crippen LogP contribution in [0, 0.1) is 5.82 Å². The molecule has 0 fully saturated rings. The Labute approximate surface area is 131 Å². The van der Waals surface area contributed by atoms with Crippen molar-refractivity contribution < 1.29 is 9.18 Å². The van der Waals surface area contributed by atoms with Gasteiger partial charge in [0.1, 0.15) is 5.82 Å². The third-order valence-corrected chi connectivity index (χ3v) is 3.47. The highest BCUT2D eigenvalue weighted by Gasteiger charge is 1.99. The molecule has 0 unspecified atom stereocenters. The summed E-state index contributed by atoms with van der Waals surface area (Å²) in [6.07, 6.45) is 2.29. The predicted molar refractivity (Wildman–Crippen MR) is 83.3 cm³/mol. The van der Waals surface area contributed by atoms with Crippen LogP contribution >= 0.6 is 31.9 Å². The summed E-state index contributed by atoms with van der Waals surface area (Å²) < 4.78 is 14.3. The Morgan fingerprint density at radius 3 is 2.50 bits per heavy atom. The quantitative estimate of drug-likeness (QED) is 0.601. The molecule has 0 spiro atoms. The van der Waals surface area contributed by atoms with Gasteiger partial charge in [-0.2, -0.15) is 5.10 Å². The maximum absolute atomic E-state index is 12.5. The highest BCUT2D eigenvalue weighted by Crippen LogP contribution is 2.16. The van der Waals surface area contributed by atoms with Gasteiger partial charge in [0.05, 0.1) is 17.3 Å². The summed E-state index contributed by atoms with van der Waals surface area (Å²) in [4.78, 5) is 10.1. The van der Waals surface area contributed by atoms with Crippen molar-refractivity contribution in [2.24, 2.45) is 0 Å². The lowest BCUT2D eigenvalue weighted by atomic mass is 10.2. The molecule has 1 heterocycles. The van der Waals surface area contributed by atoms with Gasteiger partial charge in [-0.1, -0.05) is 31.9 Å². The number of carbonyl (C=O) groups excluding carboxylic acids is 1. The number of hydrogen-bond acceptors (Lipinski definition) is 2. The molecule has 0 aliphatic heterocycles. The highest BCUT2D eigenvalue weighted by molar-refractivity contribution is 9.10. The molecule has 0 saturated heterocycles. The second kappa shape index (κ2) is 6.76. The second-order valence-electron chi connectivity index (χ2n) is 3.89. The third-order valence-electron chi connectivity index (χ3n) is 2.49. The number of halogens is 3. The number of aromatic nitrogens is 2. The van der Waals surface area contributed by atoms with Crippen LogP contribution in [0.4, 0.5) is 4.39 Å². The Bertz CT molecular complexity index is 743. The fourth-order valence-corrected chi connectivity index (χ4v) is 2.28. The normalized spacial score (nSPS) is 9.95. The van der Waals surface area contributed by atoms with E-state index in [1.165, 1.54) is 12.1 Å². The molecule has 1 N–H and O–H groups in total. The van der Waals surface area contributed by atoms with Gasteiger partial charge in [0.15, 0.2) is 6.29 Å². The molecule has 0 atom stereocenters. The molecule has 102 valence electrons. The van der Waals surface area contributed by atoms with Crippen molar-refractivity contribution in [3.05, 3.63) is 62.9 Å². The first-order chi connectivity index (χ1) is 9.60. The SMILES string of the molecule is Brc1ccc2[nH]ncc2c1.O=Cc1cc(Br)ccc1F. The molecule has 0 radical (unpaired) electrons. The van der Waals surface area contributed by atoms with Crippen LogP contribution in [0.5, 0.6) is 0 Å². The first-order valence-electron chi connectivity index (χ1n) is 5.59. The molecule has 3 aromatic rings. The number of aldehydes is 1. The maximum Gasteiger partial charge on any atom is 0.153 e. The zero-order valence-electron chi connectivity index (χ0n) is 10.1. The largest absolute Gasteiger partial charge is 0.298 e. The summed E-state index contributed by atoms with van der Waals surface area (Å²) in [6.45, 7) is 0. The Kier molecular flexibility index (Phi) is 5.03. The molecule has 0 saturated carbocycles. The Morgan fingerprint density at radius 1 is 1.10 bits per heavy atom. The molecule has 6 heteroatoms. The minimum Gasteiger partial charge on any atom is -0.298 e. The van der Waals surface area contributed by atoms with E-state index in [1.807, 2.05) is 18.2 Å². The molecule has 3 nitrogen and oxygen atoms in total. The van der Waals surface area contributed by atoms with Crippen LogP contribution in [0.3, 0.4) is 0 Å². The summed E-state index contributed by atoms with van der Waals surface area (Å²) in [7, 11) is 0. The van der Waals surface area contributed by atoms with E-state index >= 15 is 0 Å².